The zero-order chi connectivity index (χ0) is 13.2. The summed E-state index contributed by atoms with van der Waals surface area (Å²) in [5.41, 5.74) is 3.79. The van der Waals surface area contributed by atoms with E-state index in [0.29, 0.717) is 6.04 Å². The van der Waals surface area contributed by atoms with E-state index in [1.165, 1.54) is 16.5 Å². The highest BCUT2D eigenvalue weighted by Crippen LogP contribution is 2.22. The average molecular weight is 255 g/mol. The standard InChI is InChI=1S/C16H21N3/c1-12-5-6-14(15-4-3-7-18-16(12)15)11-19-9-8-17-10-13(19)2/h3-7,13,17H,8-11H2,1-2H3. The van der Waals surface area contributed by atoms with Gasteiger partial charge in [-0.1, -0.05) is 18.2 Å². The van der Waals surface area contributed by atoms with Gasteiger partial charge in [0.15, 0.2) is 0 Å². The maximum Gasteiger partial charge on any atom is 0.0734 e. The van der Waals surface area contributed by atoms with Gasteiger partial charge in [-0.2, -0.15) is 0 Å². The Morgan fingerprint density at radius 1 is 1.37 bits per heavy atom. The third kappa shape index (κ3) is 2.48. The van der Waals surface area contributed by atoms with Gasteiger partial charge in [0.25, 0.3) is 0 Å². The van der Waals surface area contributed by atoms with Crippen molar-refractivity contribution in [1.82, 2.24) is 15.2 Å². The van der Waals surface area contributed by atoms with Crippen LogP contribution in [0.4, 0.5) is 0 Å². The summed E-state index contributed by atoms with van der Waals surface area (Å²) in [7, 11) is 0. The number of fused-ring (bicyclic) bond motifs is 1. The van der Waals surface area contributed by atoms with E-state index in [1.54, 1.807) is 0 Å². The Kier molecular flexibility index (Phi) is 3.49. The molecule has 0 spiro atoms. The molecular weight excluding hydrogens is 234 g/mol. The number of hydrogen-bond acceptors (Lipinski definition) is 3. The number of aromatic nitrogens is 1. The number of nitrogens with zero attached hydrogens (tertiary/aromatic N) is 2. The van der Waals surface area contributed by atoms with Crippen molar-refractivity contribution in [3.05, 3.63) is 41.6 Å². The van der Waals surface area contributed by atoms with Crippen molar-refractivity contribution in [2.75, 3.05) is 19.6 Å². The first-order valence-electron chi connectivity index (χ1n) is 7.03. The Labute approximate surface area is 114 Å². The lowest BCUT2D eigenvalue weighted by Gasteiger charge is -2.34. The molecule has 1 N–H and O–H groups in total. The third-order valence-electron chi connectivity index (χ3n) is 4.07. The molecule has 1 aliphatic rings. The Hall–Kier alpha value is -1.45. The van der Waals surface area contributed by atoms with Crippen molar-refractivity contribution >= 4 is 10.9 Å². The molecule has 3 nitrogen and oxygen atoms in total. The van der Waals surface area contributed by atoms with Gasteiger partial charge in [-0.3, -0.25) is 9.88 Å². The smallest absolute Gasteiger partial charge is 0.0734 e. The van der Waals surface area contributed by atoms with Gasteiger partial charge in [0.1, 0.15) is 0 Å². The summed E-state index contributed by atoms with van der Waals surface area (Å²) in [4.78, 5) is 7.07. The Bertz CT molecular complexity index is 579. The molecule has 19 heavy (non-hydrogen) atoms. The van der Waals surface area contributed by atoms with E-state index in [1.807, 2.05) is 12.3 Å². The van der Waals surface area contributed by atoms with Crippen molar-refractivity contribution in [2.45, 2.75) is 26.4 Å². The van der Waals surface area contributed by atoms with Crippen molar-refractivity contribution in [1.29, 1.82) is 0 Å². The second-order valence-corrected chi connectivity index (χ2v) is 5.46. The maximum absolute atomic E-state index is 4.52. The quantitative estimate of drug-likeness (QED) is 0.892. The average Bonchev–Trinajstić information content (AvgIpc) is 2.44. The van der Waals surface area contributed by atoms with E-state index in [-0.39, 0.29) is 0 Å². The summed E-state index contributed by atoms with van der Waals surface area (Å²) in [6, 6.07) is 9.28. The number of nitrogens with one attached hydrogen (secondary N) is 1. The predicted molar refractivity (Wildman–Crippen MR) is 79.2 cm³/mol. The van der Waals surface area contributed by atoms with Crippen LogP contribution in [0.2, 0.25) is 0 Å². The van der Waals surface area contributed by atoms with E-state index in [2.05, 4.69) is 47.2 Å². The molecule has 1 aromatic carbocycles. The number of rotatable bonds is 2. The molecular formula is C16H21N3. The second kappa shape index (κ2) is 5.27. The van der Waals surface area contributed by atoms with E-state index in [4.69, 9.17) is 0 Å². The fraction of sp³-hybridized carbons (Fsp3) is 0.438. The lowest BCUT2D eigenvalue weighted by Crippen LogP contribution is -2.49. The summed E-state index contributed by atoms with van der Waals surface area (Å²) in [6.45, 7) is 8.74. The molecule has 0 bridgehead atoms. The molecule has 2 aromatic rings. The van der Waals surface area contributed by atoms with Crippen molar-refractivity contribution in [3.63, 3.8) is 0 Å². The van der Waals surface area contributed by atoms with Gasteiger partial charge >= 0.3 is 0 Å². The molecule has 3 heteroatoms. The zero-order valence-corrected chi connectivity index (χ0v) is 11.7. The Morgan fingerprint density at radius 3 is 3.11 bits per heavy atom. The molecule has 1 saturated heterocycles. The molecule has 100 valence electrons. The van der Waals surface area contributed by atoms with Crippen LogP contribution in [0.25, 0.3) is 10.9 Å². The van der Waals surface area contributed by atoms with Crippen LogP contribution in [0.15, 0.2) is 30.5 Å². The van der Waals surface area contributed by atoms with Gasteiger partial charge in [0.2, 0.25) is 0 Å². The van der Waals surface area contributed by atoms with Gasteiger partial charge in [-0.25, -0.2) is 0 Å². The number of pyridine rings is 1. The fourth-order valence-electron chi connectivity index (χ4n) is 2.85. The Balaban J connectivity index is 1.94. The van der Waals surface area contributed by atoms with E-state index >= 15 is 0 Å². The fourth-order valence-corrected chi connectivity index (χ4v) is 2.85. The molecule has 3 rings (SSSR count). The van der Waals surface area contributed by atoms with Crippen molar-refractivity contribution in [2.24, 2.45) is 0 Å². The maximum atomic E-state index is 4.52. The van der Waals surface area contributed by atoms with Crippen LogP contribution in [0.5, 0.6) is 0 Å². The summed E-state index contributed by atoms with van der Waals surface area (Å²) < 4.78 is 0. The van der Waals surface area contributed by atoms with Gasteiger partial charge < -0.3 is 5.32 Å². The summed E-state index contributed by atoms with van der Waals surface area (Å²) in [5, 5.41) is 4.74. The highest BCUT2D eigenvalue weighted by atomic mass is 15.2. The summed E-state index contributed by atoms with van der Waals surface area (Å²) in [6.07, 6.45) is 1.88. The molecule has 1 aromatic heterocycles. The SMILES string of the molecule is Cc1ccc(CN2CCNCC2C)c2cccnc12. The molecule has 0 radical (unpaired) electrons. The molecule has 0 amide bonds. The lowest BCUT2D eigenvalue weighted by molar-refractivity contribution is 0.166. The van der Waals surface area contributed by atoms with Crippen molar-refractivity contribution in [3.8, 4) is 0 Å². The zero-order valence-electron chi connectivity index (χ0n) is 11.7. The van der Waals surface area contributed by atoms with Crippen LogP contribution in [0.1, 0.15) is 18.1 Å². The highest BCUT2D eigenvalue weighted by molar-refractivity contribution is 5.84. The minimum Gasteiger partial charge on any atom is -0.314 e. The van der Waals surface area contributed by atoms with Crippen LogP contribution >= 0.6 is 0 Å². The van der Waals surface area contributed by atoms with E-state index in [0.717, 1.165) is 31.7 Å². The lowest BCUT2D eigenvalue weighted by atomic mass is 10.0. The van der Waals surface area contributed by atoms with Gasteiger partial charge in [-0.15, -0.1) is 0 Å². The molecule has 1 atom stereocenters. The van der Waals surface area contributed by atoms with Crippen molar-refractivity contribution < 1.29 is 0 Å². The topological polar surface area (TPSA) is 28.2 Å². The summed E-state index contributed by atoms with van der Waals surface area (Å²) in [5.74, 6) is 0. The minimum atomic E-state index is 0.599. The number of aryl methyl sites for hydroxylation is 1. The van der Waals surface area contributed by atoms with Gasteiger partial charge in [-0.05, 0) is 31.0 Å². The number of piperazine rings is 1. The van der Waals surface area contributed by atoms with E-state index in [9.17, 15) is 0 Å². The van der Waals surface area contributed by atoms with Gasteiger partial charge in [0, 0.05) is 43.8 Å². The third-order valence-corrected chi connectivity index (χ3v) is 4.07. The monoisotopic (exact) mass is 255 g/mol. The largest absolute Gasteiger partial charge is 0.314 e. The molecule has 1 aliphatic heterocycles. The number of hydrogen-bond donors (Lipinski definition) is 1. The second-order valence-electron chi connectivity index (χ2n) is 5.46. The summed E-state index contributed by atoms with van der Waals surface area (Å²) >= 11 is 0. The molecule has 0 saturated carbocycles. The minimum absolute atomic E-state index is 0.599. The van der Waals surface area contributed by atoms with Crippen LogP contribution in [-0.4, -0.2) is 35.6 Å². The number of benzene rings is 1. The normalized spacial score (nSPS) is 20.8. The Morgan fingerprint density at radius 2 is 2.26 bits per heavy atom. The molecule has 2 heterocycles. The molecule has 1 fully saturated rings. The van der Waals surface area contributed by atoms with Crippen LogP contribution in [-0.2, 0) is 6.54 Å². The first-order chi connectivity index (χ1) is 9.25. The molecule has 1 unspecified atom stereocenters. The first-order valence-corrected chi connectivity index (χ1v) is 7.03. The van der Waals surface area contributed by atoms with E-state index < -0.39 is 0 Å². The predicted octanol–water partition coefficient (Wildman–Crippen LogP) is 2.34. The molecule has 0 aliphatic carbocycles. The van der Waals surface area contributed by atoms with Crippen LogP contribution < -0.4 is 5.32 Å². The van der Waals surface area contributed by atoms with Crippen LogP contribution in [0.3, 0.4) is 0 Å². The highest BCUT2D eigenvalue weighted by Gasteiger charge is 2.18. The first kappa shape index (κ1) is 12.6. The van der Waals surface area contributed by atoms with Gasteiger partial charge in [0.05, 0.1) is 5.52 Å². The van der Waals surface area contributed by atoms with Crippen LogP contribution in [0, 0.1) is 6.92 Å².